The average molecular weight is 368 g/mol. The Labute approximate surface area is 156 Å². The monoisotopic (exact) mass is 368 g/mol. The van der Waals surface area contributed by atoms with Crippen LogP contribution in [-0.4, -0.2) is 35.1 Å². The van der Waals surface area contributed by atoms with Gasteiger partial charge in [0, 0.05) is 23.5 Å². The first-order valence-electron chi connectivity index (χ1n) is 8.74. The van der Waals surface area contributed by atoms with Gasteiger partial charge in [-0.25, -0.2) is 4.98 Å². The van der Waals surface area contributed by atoms with E-state index in [1.165, 1.54) is 24.6 Å². The van der Waals surface area contributed by atoms with Gasteiger partial charge in [-0.1, -0.05) is 0 Å². The number of amides is 2. The quantitative estimate of drug-likeness (QED) is 0.869. The van der Waals surface area contributed by atoms with Crippen molar-refractivity contribution in [1.82, 2.24) is 4.98 Å². The van der Waals surface area contributed by atoms with Crippen molar-refractivity contribution in [2.24, 2.45) is 0 Å². The second-order valence-electron chi connectivity index (χ2n) is 6.51. The van der Waals surface area contributed by atoms with E-state index in [0.717, 1.165) is 23.7 Å². The van der Waals surface area contributed by atoms with E-state index in [1.807, 2.05) is 25.1 Å². The first-order valence-corrected chi connectivity index (χ1v) is 9.62. The van der Waals surface area contributed by atoms with Crippen molar-refractivity contribution in [3.63, 3.8) is 0 Å². The molecule has 2 N–H and O–H groups in total. The lowest BCUT2D eigenvalue weighted by Crippen LogP contribution is -2.26. The molecule has 0 bridgehead atoms. The van der Waals surface area contributed by atoms with Crippen LogP contribution in [0.5, 0.6) is 0 Å². The van der Waals surface area contributed by atoms with E-state index in [0.29, 0.717) is 17.1 Å². The van der Waals surface area contributed by atoms with Gasteiger partial charge in [0.25, 0.3) is 5.91 Å². The highest BCUT2D eigenvalue weighted by atomic mass is 32.2. The number of aromatic nitrogens is 1. The first-order chi connectivity index (χ1) is 12.6. The van der Waals surface area contributed by atoms with Crippen molar-refractivity contribution < 1.29 is 9.59 Å². The Morgan fingerprint density at radius 2 is 2.08 bits per heavy atom. The molecule has 134 valence electrons. The van der Waals surface area contributed by atoms with Crippen LogP contribution in [0.1, 0.15) is 30.1 Å². The second-order valence-corrected chi connectivity index (χ2v) is 7.89. The molecule has 0 radical (unpaired) electrons. The molecule has 2 amide bonds. The molecule has 7 heteroatoms. The highest BCUT2D eigenvalue weighted by Crippen LogP contribution is 2.36. The molecular weight excluding hydrogens is 348 g/mol. The van der Waals surface area contributed by atoms with E-state index >= 15 is 0 Å². The van der Waals surface area contributed by atoms with Gasteiger partial charge in [0.05, 0.1) is 22.8 Å². The van der Waals surface area contributed by atoms with E-state index in [2.05, 4.69) is 20.5 Å². The van der Waals surface area contributed by atoms with Gasteiger partial charge in [0.1, 0.15) is 5.82 Å². The predicted molar refractivity (Wildman–Crippen MR) is 104 cm³/mol. The zero-order valence-electron chi connectivity index (χ0n) is 14.5. The number of carbonyl (C=O) groups is 2. The number of anilines is 3. The Balaban J connectivity index is 1.46. The number of nitrogens with one attached hydrogen (secondary N) is 2. The van der Waals surface area contributed by atoms with Crippen LogP contribution in [0.25, 0.3) is 0 Å². The van der Waals surface area contributed by atoms with Gasteiger partial charge in [-0.05, 0) is 50.1 Å². The highest BCUT2D eigenvalue weighted by molar-refractivity contribution is 8.00. The van der Waals surface area contributed by atoms with Crippen LogP contribution in [0.4, 0.5) is 17.2 Å². The number of nitrogens with zero attached hydrogens (tertiary/aromatic N) is 2. The summed E-state index contributed by atoms with van der Waals surface area (Å²) in [5.74, 6) is 0.231. The molecule has 1 atom stereocenters. The Kier molecular flexibility index (Phi) is 4.55. The normalized spacial score (nSPS) is 19.0. The third kappa shape index (κ3) is 3.39. The minimum atomic E-state index is -0.243. The van der Waals surface area contributed by atoms with Crippen LogP contribution >= 0.6 is 11.8 Å². The van der Waals surface area contributed by atoms with E-state index in [9.17, 15) is 9.59 Å². The van der Waals surface area contributed by atoms with Crippen molar-refractivity contribution in [3.05, 3.63) is 42.1 Å². The molecule has 3 heterocycles. The van der Waals surface area contributed by atoms with Crippen molar-refractivity contribution >= 4 is 40.8 Å². The van der Waals surface area contributed by atoms with Gasteiger partial charge in [0.2, 0.25) is 5.91 Å². The van der Waals surface area contributed by atoms with Crippen molar-refractivity contribution in [1.29, 1.82) is 0 Å². The summed E-state index contributed by atoms with van der Waals surface area (Å²) < 4.78 is 0. The van der Waals surface area contributed by atoms with E-state index in [4.69, 9.17) is 0 Å². The van der Waals surface area contributed by atoms with Crippen LogP contribution in [0.15, 0.2) is 41.4 Å². The molecule has 26 heavy (non-hydrogen) atoms. The minimum absolute atomic E-state index is 0.0424. The molecule has 0 spiro atoms. The molecule has 1 aromatic heterocycles. The fourth-order valence-corrected chi connectivity index (χ4v) is 4.09. The number of thioether (sulfide) groups is 1. The smallest absolute Gasteiger partial charge is 0.256 e. The van der Waals surface area contributed by atoms with Gasteiger partial charge in [-0.15, -0.1) is 11.8 Å². The molecule has 2 aromatic rings. The highest BCUT2D eigenvalue weighted by Gasteiger charge is 2.23. The van der Waals surface area contributed by atoms with Gasteiger partial charge in [-0.3, -0.25) is 9.59 Å². The number of pyridine rings is 1. The van der Waals surface area contributed by atoms with Crippen LogP contribution in [0.3, 0.4) is 0 Å². The summed E-state index contributed by atoms with van der Waals surface area (Å²) in [5.41, 5.74) is 2.26. The number of rotatable bonds is 3. The van der Waals surface area contributed by atoms with Gasteiger partial charge >= 0.3 is 0 Å². The number of carbonyl (C=O) groups excluding carboxylic acids is 2. The zero-order chi connectivity index (χ0) is 18.1. The summed E-state index contributed by atoms with van der Waals surface area (Å²) in [6.45, 7) is 3.98. The minimum Gasteiger partial charge on any atom is -0.370 e. The molecule has 1 saturated heterocycles. The summed E-state index contributed by atoms with van der Waals surface area (Å²) in [5, 5.41) is 5.54. The topological polar surface area (TPSA) is 74.3 Å². The number of benzene rings is 1. The first kappa shape index (κ1) is 16.9. The molecule has 4 rings (SSSR count). The molecule has 0 saturated carbocycles. The third-order valence-electron chi connectivity index (χ3n) is 4.63. The molecule has 1 fully saturated rings. The molecule has 6 nitrogen and oxygen atoms in total. The van der Waals surface area contributed by atoms with Crippen molar-refractivity contribution in [2.75, 3.05) is 28.6 Å². The van der Waals surface area contributed by atoms with E-state index < -0.39 is 0 Å². The number of hydrogen-bond acceptors (Lipinski definition) is 5. The standard InChI is InChI=1S/C19H20N4O2S/c1-12-18(24)21-15-10-13(4-6-16(15)26-12)19(25)22-17-7-5-14(11-20-17)23-8-2-3-9-23/h4-7,10-12H,2-3,8-9H2,1H3,(H,21,24)(H,20,22,25). The number of fused-ring (bicyclic) bond motifs is 1. The van der Waals surface area contributed by atoms with Gasteiger partial charge in [-0.2, -0.15) is 0 Å². The summed E-state index contributed by atoms with van der Waals surface area (Å²) in [7, 11) is 0. The summed E-state index contributed by atoms with van der Waals surface area (Å²) >= 11 is 1.50. The molecule has 1 unspecified atom stereocenters. The van der Waals surface area contributed by atoms with Crippen LogP contribution in [0, 0.1) is 0 Å². The lowest BCUT2D eigenvalue weighted by atomic mass is 10.1. The molecule has 2 aliphatic heterocycles. The van der Waals surface area contributed by atoms with Gasteiger partial charge < -0.3 is 15.5 Å². The lowest BCUT2D eigenvalue weighted by Gasteiger charge is -2.21. The molecule has 2 aliphatic rings. The molecule has 0 aliphatic carbocycles. The van der Waals surface area contributed by atoms with Crippen LogP contribution in [-0.2, 0) is 4.79 Å². The Bertz CT molecular complexity index is 847. The number of hydrogen-bond donors (Lipinski definition) is 2. The maximum Gasteiger partial charge on any atom is 0.256 e. The zero-order valence-corrected chi connectivity index (χ0v) is 15.3. The maximum absolute atomic E-state index is 12.5. The lowest BCUT2D eigenvalue weighted by molar-refractivity contribution is -0.115. The van der Waals surface area contributed by atoms with Crippen LogP contribution in [0.2, 0.25) is 0 Å². The fraction of sp³-hybridized carbons (Fsp3) is 0.316. The predicted octanol–water partition coefficient (Wildman–Crippen LogP) is 3.37. The van der Waals surface area contributed by atoms with Crippen molar-refractivity contribution in [2.45, 2.75) is 29.9 Å². The largest absolute Gasteiger partial charge is 0.370 e. The molecular formula is C19H20N4O2S. The Morgan fingerprint density at radius 3 is 2.81 bits per heavy atom. The fourth-order valence-electron chi connectivity index (χ4n) is 3.16. The Morgan fingerprint density at radius 1 is 1.27 bits per heavy atom. The summed E-state index contributed by atoms with van der Waals surface area (Å²) in [6.07, 6.45) is 4.22. The van der Waals surface area contributed by atoms with Crippen LogP contribution < -0.4 is 15.5 Å². The van der Waals surface area contributed by atoms with E-state index in [-0.39, 0.29) is 17.1 Å². The van der Waals surface area contributed by atoms with Crippen molar-refractivity contribution in [3.8, 4) is 0 Å². The van der Waals surface area contributed by atoms with E-state index in [1.54, 1.807) is 18.3 Å². The Hall–Kier alpha value is -2.54. The third-order valence-corrected chi connectivity index (χ3v) is 5.81. The summed E-state index contributed by atoms with van der Waals surface area (Å²) in [6, 6.07) is 9.15. The summed E-state index contributed by atoms with van der Waals surface area (Å²) in [4.78, 5) is 31.9. The average Bonchev–Trinajstić information content (AvgIpc) is 3.17. The molecule has 1 aromatic carbocycles. The SMILES string of the molecule is CC1Sc2ccc(C(=O)Nc3ccc(N4CCCC4)cn3)cc2NC1=O. The maximum atomic E-state index is 12.5. The second kappa shape index (κ2) is 6.99. The van der Waals surface area contributed by atoms with Gasteiger partial charge in [0.15, 0.2) is 0 Å².